The van der Waals surface area contributed by atoms with Gasteiger partial charge in [-0.2, -0.15) is 0 Å². The Kier molecular flexibility index (Phi) is 5.57. The maximum absolute atomic E-state index is 5.20. The summed E-state index contributed by atoms with van der Waals surface area (Å²) in [5.74, 6) is 0. The second-order valence-electron chi connectivity index (χ2n) is 2.21. The summed E-state index contributed by atoms with van der Waals surface area (Å²) in [5.41, 5.74) is 0. The van der Waals surface area contributed by atoms with Gasteiger partial charge in [0.2, 0.25) is 0 Å². The molecule has 0 aliphatic carbocycles. The summed E-state index contributed by atoms with van der Waals surface area (Å²) in [7, 11) is 1.83. The van der Waals surface area contributed by atoms with Crippen LogP contribution in [0.5, 0.6) is 0 Å². The highest BCUT2D eigenvalue weighted by Crippen LogP contribution is 1.89. The van der Waals surface area contributed by atoms with Gasteiger partial charge in [0.05, 0.1) is 0 Å². The highest BCUT2D eigenvalue weighted by atomic mass is 28.3. The average molecular weight is 186 g/mol. The quantitative estimate of drug-likeness (QED) is 0.602. The number of hydrogen-bond acceptors (Lipinski definition) is 2. The molecular weight excluding hydrogens is 172 g/mol. The van der Waals surface area contributed by atoms with E-state index in [1.165, 1.54) is 5.19 Å². The van der Waals surface area contributed by atoms with Crippen LogP contribution in [0.25, 0.3) is 0 Å². The van der Waals surface area contributed by atoms with Crippen LogP contribution in [0.3, 0.4) is 0 Å². The van der Waals surface area contributed by atoms with Gasteiger partial charge in [-0.15, -0.1) is 0 Å². The Balaban J connectivity index is 0.00000121. The maximum Gasteiger partial charge on any atom is 0.355 e. The molecule has 3 nitrogen and oxygen atoms in total. The molecule has 2 N–H and O–H groups in total. The van der Waals surface area contributed by atoms with E-state index in [4.69, 9.17) is 8.85 Å². The van der Waals surface area contributed by atoms with E-state index in [2.05, 4.69) is 0 Å². The van der Waals surface area contributed by atoms with Crippen molar-refractivity contribution in [1.29, 1.82) is 0 Å². The lowest BCUT2D eigenvalue weighted by Crippen LogP contribution is -2.34. The molecule has 0 amide bonds. The van der Waals surface area contributed by atoms with Crippen LogP contribution < -0.4 is 5.19 Å². The maximum atomic E-state index is 5.20. The van der Waals surface area contributed by atoms with Gasteiger partial charge in [0.25, 0.3) is 0 Å². The molecule has 1 aromatic carbocycles. The normalized spacial score (nSPS) is 9.58. The topological polar surface area (TPSA) is 50.0 Å². The summed E-state index contributed by atoms with van der Waals surface area (Å²) in [4.78, 5) is 0. The SMILES string of the molecule is CO[SiH](OC)c1ccccc1.O. The number of rotatable bonds is 3. The summed E-state index contributed by atoms with van der Waals surface area (Å²) < 4.78 is 10.4. The molecule has 0 radical (unpaired) electrons. The molecular formula is C8H14O3Si. The van der Waals surface area contributed by atoms with Crippen molar-refractivity contribution in [3.8, 4) is 0 Å². The van der Waals surface area contributed by atoms with E-state index in [1.807, 2.05) is 30.3 Å². The number of hydrogen-bond donors (Lipinski definition) is 0. The molecule has 0 saturated heterocycles. The smallest absolute Gasteiger partial charge is 0.355 e. The van der Waals surface area contributed by atoms with Crippen LogP contribution in [0, 0.1) is 0 Å². The van der Waals surface area contributed by atoms with Crippen molar-refractivity contribution in [3.05, 3.63) is 30.3 Å². The highest BCUT2D eigenvalue weighted by molar-refractivity contribution is 6.61. The van der Waals surface area contributed by atoms with E-state index in [0.29, 0.717) is 0 Å². The van der Waals surface area contributed by atoms with Crippen LogP contribution in [0.2, 0.25) is 0 Å². The third-order valence-electron chi connectivity index (χ3n) is 1.50. The molecule has 4 heteroatoms. The molecule has 0 aliphatic heterocycles. The van der Waals surface area contributed by atoms with E-state index < -0.39 is 9.28 Å². The predicted octanol–water partition coefficient (Wildman–Crippen LogP) is -0.418. The molecule has 0 atom stereocenters. The Morgan fingerprint density at radius 2 is 1.50 bits per heavy atom. The largest absolute Gasteiger partial charge is 0.412 e. The van der Waals surface area contributed by atoms with E-state index in [0.717, 1.165) is 0 Å². The Morgan fingerprint density at radius 3 is 1.92 bits per heavy atom. The molecule has 0 bridgehead atoms. The van der Waals surface area contributed by atoms with Crippen LogP contribution in [0.1, 0.15) is 0 Å². The van der Waals surface area contributed by atoms with Crippen molar-refractivity contribution in [1.82, 2.24) is 0 Å². The van der Waals surface area contributed by atoms with Crippen LogP contribution in [-0.2, 0) is 8.85 Å². The van der Waals surface area contributed by atoms with Crippen LogP contribution in [0.15, 0.2) is 30.3 Å². The van der Waals surface area contributed by atoms with Gasteiger partial charge >= 0.3 is 9.28 Å². The molecule has 12 heavy (non-hydrogen) atoms. The fourth-order valence-corrected chi connectivity index (χ4v) is 2.25. The van der Waals surface area contributed by atoms with Crippen molar-refractivity contribution in [2.24, 2.45) is 0 Å². The first-order valence-corrected chi connectivity index (χ1v) is 5.01. The summed E-state index contributed by atoms with van der Waals surface area (Å²) in [5, 5.41) is 1.18. The minimum absolute atomic E-state index is 0. The summed E-state index contributed by atoms with van der Waals surface area (Å²) in [6, 6.07) is 10.0. The van der Waals surface area contributed by atoms with Crippen molar-refractivity contribution < 1.29 is 14.3 Å². The first kappa shape index (κ1) is 11.3. The van der Waals surface area contributed by atoms with Crippen molar-refractivity contribution in [3.63, 3.8) is 0 Å². The minimum Gasteiger partial charge on any atom is -0.412 e. The van der Waals surface area contributed by atoms with Gasteiger partial charge in [-0.1, -0.05) is 30.3 Å². The monoisotopic (exact) mass is 186 g/mol. The van der Waals surface area contributed by atoms with Crippen molar-refractivity contribution >= 4 is 14.5 Å². The summed E-state index contributed by atoms with van der Waals surface area (Å²) >= 11 is 0. The van der Waals surface area contributed by atoms with Gasteiger partial charge in [-0.3, -0.25) is 0 Å². The van der Waals surface area contributed by atoms with Gasteiger partial charge in [0.15, 0.2) is 0 Å². The zero-order valence-electron chi connectivity index (χ0n) is 7.28. The average Bonchev–Trinajstić information content (AvgIpc) is 2.09. The molecule has 0 aromatic heterocycles. The molecule has 1 rings (SSSR count). The van der Waals surface area contributed by atoms with Crippen molar-refractivity contribution in [2.75, 3.05) is 14.2 Å². The summed E-state index contributed by atoms with van der Waals surface area (Å²) in [6.45, 7) is 0. The predicted molar refractivity (Wildman–Crippen MR) is 50.9 cm³/mol. The lowest BCUT2D eigenvalue weighted by Gasteiger charge is -2.09. The standard InChI is InChI=1S/C8H12O2Si.H2O/c1-9-11(10-2)8-6-4-3-5-7-8;/h3-7,11H,1-2H3;1H2. The van der Waals surface area contributed by atoms with Gasteiger partial charge in [0.1, 0.15) is 0 Å². The zero-order chi connectivity index (χ0) is 8.10. The van der Waals surface area contributed by atoms with Crippen LogP contribution in [0.4, 0.5) is 0 Å². The van der Waals surface area contributed by atoms with Crippen LogP contribution in [-0.4, -0.2) is 29.0 Å². The molecule has 0 spiro atoms. The fourth-order valence-electron chi connectivity index (χ4n) is 0.979. The molecule has 0 saturated carbocycles. The molecule has 1 aromatic rings. The highest BCUT2D eigenvalue weighted by Gasteiger charge is 2.10. The Bertz CT molecular complexity index is 199. The summed E-state index contributed by atoms with van der Waals surface area (Å²) in [6.07, 6.45) is 0. The fraction of sp³-hybridized carbons (Fsp3) is 0.250. The molecule has 0 aliphatic rings. The second kappa shape index (κ2) is 5.90. The van der Waals surface area contributed by atoms with Gasteiger partial charge < -0.3 is 14.3 Å². The number of benzene rings is 1. The Morgan fingerprint density at radius 1 is 1.00 bits per heavy atom. The van der Waals surface area contributed by atoms with E-state index in [-0.39, 0.29) is 5.48 Å². The molecule has 0 fully saturated rings. The third-order valence-corrected chi connectivity index (χ3v) is 3.29. The van der Waals surface area contributed by atoms with Crippen molar-refractivity contribution in [2.45, 2.75) is 0 Å². The lowest BCUT2D eigenvalue weighted by molar-refractivity contribution is 0.292. The lowest BCUT2D eigenvalue weighted by atomic mass is 10.4. The minimum atomic E-state index is -1.55. The van der Waals surface area contributed by atoms with Gasteiger partial charge in [-0.25, -0.2) is 0 Å². The Labute approximate surface area is 74.1 Å². The third kappa shape index (κ3) is 2.75. The van der Waals surface area contributed by atoms with Gasteiger partial charge in [-0.05, 0) is 5.19 Å². The molecule has 68 valence electrons. The molecule has 0 heterocycles. The van der Waals surface area contributed by atoms with E-state index >= 15 is 0 Å². The molecule has 0 unspecified atom stereocenters. The van der Waals surface area contributed by atoms with Gasteiger partial charge in [0, 0.05) is 14.2 Å². The first-order chi connectivity index (χ1) is 5.38. The Hall–Kier alpha value is -0.683. The zero-order valence-corrected chi connectivity index (χ0v) is 8.44. The first-order valence-electron chi connectivity index (χ1n) is 3.49. The van der Waals surface area contributed by atoms with Crippen LogP contribution >= 0.6 is 0 Å². The second-order valence-corrected chi connectivity index (χ2v) is 4.49. The van der Waals surface area contributed by atoms with E-state index in [9.17, 15) is 0 Å². The van der Waals surface area contributed by atoms with E-state index in [1.54, 1.807) is 14.2 Å².